The molecular weight excluding hydrogens is 358 g/mol. The van der Waals surface area contributed by atoms with Crippen molar-refractivity contribution in [2.45, 2.75) is 39.2 Å². The number of hydrogen-bond acceptors (Lipinski definition) is 4. The molecule has 1 saturated heterocycles. The van der Waals surface area contributed by atoms with Crippen molar-refractivity contribution in [1.29, 1.82) is 0 Å². The first kappa shape index (κ1) is 19.5. The number of likely N-dealkylation sites (tertiary alicyclic amines) is 1. The Morgan fingerprint density at radius 1 is 1.37 bits per heavy atom. The van der Waals surface area contributed by atoms with Crippen molar-refractivity contribution in [3.05, 3.63) is 52.5 Å². The fourth-order valence-electron chi connectivity index (χ4n) is 3.69. The van der Waals surface area contributed by atoms with E-state index in [0.717, 1.165) is 12.0 Å². The highest BCUT2D eigenvalue weighted by Crippen LogP contribution is 2.37. The monoisotopic (exact) mass is 385 g/mol. The van der Waals surface area contributed by atoms with E-state index >= 15 is 0 Å². The first-order chi connectivity index (χ1) is 13.1. The molecule has 2 aromatic heterocycles. The highest BCUT2D eigenvalue weighted by atomic mass is 32.1. The molecule has 0 aromatic carbocycles. The Hall–Kier alpha value is -2.21. The van der Waals surface area contributed by atoms with Gasteiger partial charge in [-0.05, 0) is 41.8 Å². The van der Waals surface area contributed by atoms with E-state index in [9.17, 15) is 9.59 Å². The van der Waals surface area contributed by atoms with Crippen LogP contribution in [-0.4, -0.2) is 34.8 Å². The summed E-state index contributed by atoms with van der Waals surface area (Å²) in [5.74, 6) is 0.254. The van der Waals surface area contributed by atoms with E-state index in [1.54, 1.807) is 23.7 Å². The van der Waals surface area contributed by atoms with E-state index in [-0.39, 0.29) is 23.8 Å². The second kappa shape index (κ2) is 9.13. The minimum absolute atomic E-state index is 0.0293. The van der Waals surface area contributed by atoms with Crippen molar-refractivity contribution in [1.82, 2.24) is 15.2 Å². The van der Waals surface area contributed by atoms with E-state index in [1.165, 1.54) is 4.88 Å². The van der Waals surface area contributed by atoms with E-state index in [2.05, 4.69) is 30.2 Å². The largest absolute Gasteiger partial charge is 0.355 e. The molecule has 3 rings (SSSR count). The molecule has 1 aliphatic rings. The molecule has 2 unspecified atom stereocenters. The average molecular weight is 386 g/mol. The number of aromatic nitrogens is 1. The van der Waals surface area contributed by atoms with Crippen LogP contribution < -0.4 is 5.32 Å². The van der Waals surface area contributed by atoms with Gasteiger partial charge in [-0.1, -0.05) is 26.0 Å². The van der Waals surface area contributed by atoms with Gasteiger partial charge in [0.1, 0.15) is 0 Å². The lowest BCUT2D eigenvalue weighted by Gasteiger charge is -2.41. The van der Waals surface area contributed by atoms with Crippen LogP contribution in [0.4, 0.5) is 0 Å². The van der Waals surface area contributed by atoms with Crippen LogP contribution in [0.3, 0.4) is 0 Å². The molecule has 0 radical (unpaired) electrons. The molecule has 1 fully saturated rings. The lowest BCUT2D eigenvalue weighted by molar-refractivity contribution is -0.144. The van der Waals surface area contributed by atoms with Crippen LogP contribution in [0, 0.1) is 11.8 Å². The predicted molar refractivity (Wildman–Crippen MR) is 107 cm³/mol. The summed E-state index contributed by atoms with van der Waals surface area (Å²) in [5.41, 5.74) is 0.935. The number of carbonyl (C=O) groups is 2. The molecule has 1 N–H and O–H groups in total. The summed E-state index contributed by atoms with van der Waals surface area (Å²) < 4.78 is 0. The zero-order valence-electron chi connectivity index (χ0n) is 15.9. The van der Waals surface area contributed by atoms with Crippen LogP contribution in [0.2, 0.25) is 0 Å². The molecular formula is C21H27N3O2S. The lowest BCUT2D eigenvalue weighted by Crippen LogP contribution is -2.49. The van der Waals surface area contributed by atoms with Crippen LogP contribution in [-0.2, 0) is 16.0 Å². The van der Waals surface area contributed by atoms with Crippen molar-refractivity contribution in [3.8, 4) is 0 Å². The smallest absolute Gasteiger partial charge is 0.225 e. The van der Waals surface area contributed by atoms with Crippen LogP contribution in [0.1, 0.15) is 43.2 Å². The Bertz CT molecular complexity index is 746. The van der Waals surface area contributed by atoms with Crippen molar-refractivity contribution in [2.75, 3.05) is 13.1 Å². The number of nitrogens with zero attached hydrogens (tertiary/aromatic N) is 2. The molecule has 6 heteroatoms. The minimum atomic E-state index is -0.246. The minimum Gasteiger partial charge on any atom is -0.355 e. The summed E-state index contributed by atoms with van der Waals surface area (Å²) in [4.78, 5) is 33.0. The number of carbonyl (C=O) groups excluding carboxylic acids is 2. The van der Waals surface area contributed by atoms with Crippen LogP contribution in [0.5, 0.6) is 0 Å². The lowest BCUT2D eigenvalue weighted by atomic mass is 9.83. The Morgan fingerprint density at radius 3 is 2.89 bits per heavy atom. The Morgan fingerprint density at radius 2 is 2.22 bits per heavy atom. The normalized spacial score (nSPS) is 20.1. The van der Waals surface area contributed by atoms with Gasteiger partial charge in [-0.25, -0.2) is 0 Å². The van der Waals surface area contributed by atoms with Crippen LogP contribution in [0.15, 0.2) is 42.0 Å². The number of thiophene rings is 1. The van der Waals surface area contributed by atoms with Gasteiger partial charge in [-0.3, -0.25) is 14.6 Å². The summed E-state index contributed by atoms with van der Waals surface area (Å²) in [6.45, 7) is 5.46. The SMILES string of the molecule is CC(C)CN1C(=O)CCC(C(=O)NCCc2cccs2)C1c1cccnc1. The van der Waals surface area contributed by atoms with Gasteiger partial charge in [0, 0.05) is 36.8 Å². The topological polar surface area (TPSA) is 62.3 Å². The van der Waals surface area contributed by atoms with Gasteiger partial charge in [0.2, 0.25) is 11.8 Å². The Labute approximate surface area is 164 Å². The third kappa shape index (κ3) is 4.95. The summed E-state index contributed by atoms with van der Waals surface area (Å²) >= 11 is 1.70. The second-order valence-electron chi connectivity index (χ2n) is 7.44. The third-order valence-electron chi connectivity index (χ3n) is 4.88. The third-order valence-corrected chi connectivity index (χ3v) is 5.82. The fraction of sp³-hybridized carbons (Fsp3) is 0.476. The molecule has 144 valence electrons. The van der Waals surface area contributed by atoms with Crippen LogP contribution >= 0.6 is 11.3 Å². The molecule has 3 heterocycles. The van der Waals surface area contributed by atoms with E-state index in [0.29, 0.717) is 31.8 Å². The maximum absolute atomic E-state index is 13.0. The number of hydrogen-bond donors (Lipinski definition) is 1. The number of piperidine rings is 1. The number of amides is 2. The van der Waals surface area contributed by atoms with Crippen molar-refractivity contribution < 1.29 is 9.59 Å². The number of rotatable bonds is 7. The number of pyridine rings is 1. The Balaban J connectivity index is 1.76. The van der Waals surface area contributed by atoms with E-state index in [4.69, 9.17) is 0 Å². The molecule has 27 heavy (non-hydrogen) atoms. The van der Waals surface area contributed by atoms with Gasteiger partial charge in [0.25, 0.3) is 0 Å². The van der Waals surface area contributed by atoms with Gasteiger partial charge in [0.05, 0.1) is 12.0 Å². The van der Waals surface area contributed by atoms with Crippen molar-refractivity contribution >= 4 is 23.2 Å². The zero-order valence-corrected chi connectivity index (χ0v) is 16.7. The summed E-state index contributed by atoms with van der Waals surface area (Å²) in [5, 5.41) is 5.14. The summed E-state index contributed by atoms with van der Waals surface area (Å²) in [6.07, 6.45) is 5.34. The highest BCUT2D eigenvalue weighted by Gasteiger charge is 2.40. The average Bonchev–Trinajstić information content (AvgIpc) is 3.17. The zero-order chi connectivity index (χ0) is 19.2. The fourth-order valence-corrected chi connectivity index (χ4v) is 4.40. The predicted octanol–water partition coefficient (Wildman–Crippen LogP) is 3.44. The quantitative estimate of drug-likeness (QED) is 0.794. The summed E-state index contributed by atoms with van der Waals surface area (Å²) in [7, 11) is 0. The van der Waals surface area contributed by atoms with Gasteiger partial charge >= 0.3 is 0 Å². The maximum atomic E-state index is 13.0. The molecule has 2 aromatic rings. The highest BCUT2D eigenvalue weighted by molar-refractivity contribution is 7.09. The van der Waals surface area contributed by atoms with Gasteiger partial charge in [0.15, 0.2) is 0 Å². The number of nitrogens with one attached hydrogen (secondary N) is 1. The molecule has 0 bridgehead atoms. The van der Waals surface area contributed by atoms with E-state index < -0.39 is 0 Å². The standard InChI is InChI=1S/C21H27N3O2S/c1-15(2)14-24-19(25)8-7-18(20(24)16-5-3-10-22-13-16)21(26)23-11-9-17-6-4-12-27-17/h3-6,10,12-13,15,18,20H,7-9,11,14H2,1-2H3,(H,23,26). The molecule has 2 amide bonds. The first-order valence-electron chi connectivity index (χ1n) is 9.55. The molecule has 0 aliphatic carbocycles. The van der Waals surface area contributed by atoms with Gasteiger partial charge in [-0.2, -0.15) is 0 Å². The Kier molecular flexibility index (Phi) is 6.61. The van der Waals surface area contributed by atoms with Crippen LogP contribution in [0.25, 0.3) is 0 Å². The molecule has 0 saturated carbocycles. The molecule has 1 aliphatic heterocycles. The molecule has 2 atom stereocenters. The molecule has 5 nitrogen and oxygen atoms in total. The van der Waals surface area contributed by atoms with Crippen molar-refractivity contribution in [2.24, 2.45) is 11.8 Å². The van der Waals surface area contributed by atoms with Crippen molar-refractivity contribution in [3.63, 3.8) is 0 Å². The first-order valence-corrected chi connectivity index (χ1v) is 10.4. The molecule has 0 spiro atoms. The van der Waals surface area contributed by atoms with Gasteiger partial charge < -0.3 is 10.2 Å². The summed E-state index contributed by atoms with van der Waals surface area (Å²) in [6, 6.07) is 7.70. The van der Waals surface area contributed by atoms with Gasteiger partial charge in [-0.15, -0.1) is 11.3 Å². The maximum Gasteiger partial charge on any atom is 0.225 e. The van der Waals surface area contributed by atoms with E-state index in [1.807, 2.05) is 28.5 Å². The second-order valence-corrected chi connectivity index (χ2v) is 8.47.